The monoisotopic (exact) mass is 337 g/mol. The molecule has 0 bridgehead atoms. The molecule has 5 nitrogen and oxygen atoms in total. The number of amides is 1. The van der Waals surface area contributed by atoms with Gasteiger partial charge in [0, 0.05) is 0 Å². The van der Waals surface area contributed by atoms with Crippen molar-refractivity contribution in [1.29, 1.82) is 0 Å². The molecule has 2 rings (SSSR count). The summed E-state index contributed by atoms with van der Waals surface area (Å²) >= 11 is 0. The number of hydrogen-bond donors (Lipinski definition) is 0. The molecule has 1 fully saturated rings. The first kappa shape index (κ1) is 17.5. The van der Waals surface area contributed by atoms with E-state index in [0.717, 1.165) is 29.1 Å². The highest BCUT2D eigenvalue weighted by Gasteiger charge is 2.46. The summed E-state index contributed by atoms with van der Waals surface area (Å²) < 4.78 is 31.7. The Labute approximate surface area is 138 Å². The number of unbranched alkanes of at least 4 members (excludes halogenated alkanes) is 2. The van der Waals surface area contributed by atoms with Gasteiger partial charge in [-0.25, -0.2) is 13.2 Å². The quantitative estimate of drug-likeness (QED) is 0.563. The summed E-state index contributed by atoms with van der Waals surface area (Å²) in [6.45, 7) is 7.64. The van der Waals surface area contributed by atoms with Crippen LogP contribution in [0.1, 0.15) is 38.2 Å². The molecule has 0 saturated carbocycles. The van der Waals surface area contributed by atoms with Gasteiger partial charge >= 0.3 is 6.09 Å². The van der Waals surface area contributed by atoms with E-state index in [-0.39, 0.29) is 4.90 Å². The van der Waals surface area contributed by atoms with Crippen LogP contribution in [-0.4, -0.2) is 31.0 Å². The van der Waals surface area contributed by atoms with E-state index in [9.17, 15) is 13.2 Å². The van der Waals surface area contributed by atoms with Crippen LogP contribution in [-0.2, 0) is 14.8 Å². The topological polar surface area (TPSA) is 63.7 Å². The van der Waals surface area contributed by atoms with Gasteiger partial charge in [0.1, 0.15) is 12.1 Å². The molecular formula is C17H23NO4S. The highest BCUT2D eigenvalue weighted by Crippen LogP contribution is 2.30. The third-order valence-electron chi connectivity index (χ3n) is 4.00. The number of carbonyl (C=O) groups excluding carboxylic acids is 1. The fourth-order valence-electron chi connectivity index (χ4n) is 2.68. The van der Waals surface area contributed by atoms with Crippen LogP contribution in [0.3, 0.4) is 0 Å². The third kappa shape index (κ3) is 3.58. The van der Waals surface area contributed by atoms with E-state index in [2.05, 4.69) is 13.5 Å². The molecule has 0 spiro atoms. The van der Waals surface area contributed by atoms with Crippen molar-refractivity contribution < 1.29 is 17.9 Å². The van der Waals surface area contributed by atoms with Gasteiger partial charge in [-0.2, -0.15) is 4.31 Å². The molecule has 1 aliphatic heterocycles. The predicted octanol–water partition coefficient (Wildman–Crippen LogP) is 3.64. The van der Waals surface area contributed by atoms with Gasteiger partial charge in [-0.1, -0.05) is 43.5 Å². The van der Waals surface area contributed by atoms with Gasteiger partial charge in [-0.05, 0) is 31.9 Å². The summed E-state index contributed by atoms with van der Waals surface area (Å²) in [4.78, 5) is 12.2. The lowest BCUT2D eigenvalue weighted by molar-refractivity contribution is 0.127. The number of ether oxygens (including phenoxy) is 1. The van der Waals surface area contributed by atoms with Crippen molar-refractivity contribution in [2.45, 2.75) is 56.6 Å². The van der Waals surface area contributed by atoms with Gasteiger partial charge in [0.15, 0.2) is 0 Å². The molecule has 1 aliphatic rings. The predicted molar refractivity (Wildman–Crippen MR) is 88.6 cm³/mol. The Balaban J connectivity index is 2.27. The molecule has 0 unspecified atom stereocenters. The minimum absolute atomic E-state index is 0.0844. The molecule has 1 aromatic rings. The fourth-order valence-corrected chi connectivity index (χ4v) is 4.17. The lowest BCUT2D eigenvalue weighted by atomic mass is 10.0. The first-order valence-electron chi connectivity index (χ1n) is 7.86. The Morgan fingerprint density at radius 1 is 1.26 bits per heavy atom. The van der Waals surface area contributed by atoms with Gasteiger partial charge in [0.25, 0.3) is 10.0 Å². The van der Waals surface area contributed by atoms with Crippen LogP contribution in [0.2, 0.25) is 0 Å². The molecule has 0 aliphatic carbocycles. The summed E-state index contributed by atoms with van der Waals surface area (Å²) in [6.07, 6.45) is 3.78. The molecule has 126 valence electrons. The van der Waals surface area contributed by atoms with E-state index in [1.54, 1.807) is 12.1 Å². The minimum atomic E-state index is -3.94. The van der Waals surface area contributed by atoms with Gasteiger partial charge in [0.05, 0.1) is 4.90 Å². The smallest absolute Gasteiger partial charge is 0.424 e. The van der Waals surface area contributed by atoms with Gasteiger partial charge in [-0.3, -0.25) is 0 Å². The molecule has 1 aromatic carbocycles. The Morgan fingerprint density at radius 3 is 2.48 bits per heavy atom. The number of hydrogen-bond acceptors (Lipinski definition) is 4. The van der Waals surface area contributed by atoms with Crippen LogP contribution >= 0.6 is 0 Å². The van der Waals surface area contributed by atoms with Crippen molar-refractivity contribution in [1.82, 2.24) is 4.31 Å². The second kappa shape index (κ2) is 7.17. The second-order valence-corrected chi connectivity index (χ2v) is 7.57. The molecule has 0 radical (unpaired) electrons. The summed E-state index contributed by atoms with van der Waals surface area (Å²) in [6, 6.07) is 5.75. The van der Waals surface area contributed by atoms with Crippen molar-refractivity contribution in [3.63, 3.8) is 0 Å². The number of sulfonamides is 1. The maximum atomic E-state index is 12.8. The number of rotatable bonds is 7. The maximum absolute atomic E-state index is 12.8. The second-order valence-electron chi connectivity index (χ2n) is 5.76. The molecule has 6 heteroatoms. The summed E-state index contributed by atoms with van der Waals surface area (Å²) in [5.41, 5.74) is 0.950. The zero-order valence-corrected chi connectivity index (χ0v) is 14.4. The van der Waals surface area contributed by atoms with E-state index < -0.39 is 28.3 Å². The zero-order chi connectivity index (χ0) is 17.0. The first-order chi connectivity index (χ1) is 10.9. The van der Waals surface area contributed by atoms with Crippen LogP contribution in [0.25, 0.3) is 0 Å². The van der Waals surface area contributed by atoms with Gasteiger partial charge in [0.2, 0.25) is 0 Å². The molecule has 1 saturated heterocycles. The standard InChI is InChI=1S/C17H23NO4S/c1-4-6-7-8-16-15(5-2)18(17(19)22-16)23(20,21)14-11-9-13(3)10-12-14/h5,9-12,15-16H,2,4,6-8H2,1,3H3/t15-,16-/m0/s1. The lowest BCUT2D eigenvalue weighted by Crippen LogP contribution is -2.39. The number of cyclic esters (lactones) is 1. The Bertz CT molecular complexity index is 666. The minimum Gasteiger partial charge on any atom is -0.443 e. The summed E-state index contributed by atoms with van der Waals surface area (Å²) in [5.74, 6) is 0. The van der Waals surface area contributed by atoms with Crippen molar-refractivity contribution in [2.24, 2.45) is 0 Å². The number of benzene rings is 1. The highest BCUT2D eigenvalue weighted by atomic mass is 32.2. The van der Waals surface area contributed by atoms with Crippen LogP contribution in [0.4, 0.5) is 4.79 Å². The highest BCUT2D eigenvalue weighted by molar-refractivity contribution is 7.89. The van der Waals surface area contributed by atoms with Crippen LogP contribution < -0.4 is 0 Å². The van der Waals surface area contributed by atoms with E-state index in [1.165, 1.54) is 18.2 Å². The van der Waals surface area contributed by atoms with Crippen molar-refractivity contribution >= 4 is 16.1 Å². The van der Waals surface area contributed by atoms with E-state index in [1.807, 2.05) is 6.92 Å². The van der Waals surface area contributed by atoms with E-state index >= 15 is 0 Å². The maximum Gasteiger partial charge on any atom is 0.424 e. The van der Waals surface area contributed by atoms with Crippen LogP contribution in [0.5, 0.6) is 0 Å². The van der Waals surface area contributed by atoms with Crippen molar-refractivity contribution in [3.8, 4) is 0 Å². The van der Waals surface area contributed by atoms with Crippen LogP contribution in [0, 0.1) is 6.92 Å². The average Bonchev–Trinajstić information content (AvgIpc) is 2.84. The summed E-state index contributed by atoms with van der Waals surface area (Å²) in [5, 5.41) is 0. The van der Waals surface area contributed by atoms with Gasteiger partial charge < -0.3 is 4.74 Å². The number of carbonyl (C=O) groups is 1. The third-order valence-corrected chi connectivity index (χ3v) is 5.77. The van der Waals surface area contributed by atoms with Crippen molar-refractivity contribution in [2.75, 3.05) is 0 Å². The Morgan fingerprint density at radius 2 is 1.91 bits per heavy atom. The van der Waals surface area contributed by atoms with Gasteiger partial charge in [-0.15, -0.1) is 6.58 Å². The average molecular weight is 337 g/mol. The molecule has 23 heavy (non-hydrogen) atoms. The lowest BCUT2D eigenvalue weighted by Gasteiger charge is -2.21. The Hall–Kier alpha value is -1.82. The fraction of sp³-hybridized carbons (Fsp3) is 0.471. The first-order valence-corrected chi connectivity index (χ1v) is 9.30. The molecule has 1 amide bonds. The normalized spacial score (nSPS) is 21.3. The van der Waals surface area contributed by atoms with E-state index in [0.29, 0.717) is 6.42 Å². The summed E-state index contributed by atoms with van der Waals surface area (Å²) in [7, 11) is -3.94. The Kier molecular flexibility index (Phi) is 5.46. The SMILES string of the molecule is C=C[C@H]1[C@H](CCCCC)OC(=O)N1S(=O)(=O)c1ccc(C)cc1. The number of nitrogens with zero attached hydrogens (tertiary/aromatic N) is 1. The molecule has 1 heterocycles. The molecule has 0 N–H and O–H groups in total. The van der Waals surface area contributed by atoms with Crippen molar-refractivity contribution in [3.05, 3.63) is 42.5 Å². The molecule has 2 atom stereocenters. The molecular weight excluding hydrogens is 314 g/mol. The van der Waals surface area contributed by atoms with E-state index in [4.69, 9.17) is 4.74 Å². The molecule has 0 aromatic heterocycles. The van der Waals surface area contributed by atoms with Crippen LogP contribution in [0.15, 0.2) is 41.8 Å². The largest absolute Gasteiger partial charge is 0.443 e. The zero-order valence-electron chi connectivity index (χ0n) is 13.6. The number of aryl methyl sites for hydroxylation is 1.